The number of methoxy groups -OCH3 is 2. The van der Waals surface area contributed by atoms with Crippen LogP contribution in [0, 0.1) is 0 Å². The molecule has 6 N–H and O–H groups in total. The monoisotopic (exact) mass is 370 g/mol. The van der Waals surface area contributed by atoms with Crippen molar-refractivity contribution < 1.29 is 54.3 Å². The third-order valence-corrected chi connectivity index (χ3v) is 4.44. The van der Waals surface area contributed by atoms with Gasteiger partial charge in [0.05, 0.1) is 13.2 Å². The first-order chi connectivity index (χ1) is 11.9. The van der Waals surface area contributed by atoms with Crippen LogP contribution in [-0.2, 0) is 23.7 Å². The molecule has 2 rings (SSSR count). The first kappa shape index (κ1) is 20.9. The molecule has 0 aromatic rings. The van der Waals surface area contributed by atoms with E-state index in [9.17, 15) is 30.6 Å². The summed E-state index contributed by atoms with van der Waals surface area (Å²) in [5, 5.41) is 59.3. The molecule has 148 valence electrons. The van der Waals surface area contributed by atoms with Gasteiger partial charge in [-0.3, -0.25) is 0 Å². The average molecular weight is 370 g/mol. The maximum Gasteiger partial charge on any atom is 0.187 e. The topological polar surface area (TPSA) is 168 Å². The van der Waals surface area contributed by atoms with Crippen LogP contribution in [0.15, 0.2) is 0 Å². The molecule has 2 aliphatic heterocycles. The fraction of sp³-hybridized carbons (Fsp3) is 1.00. The Kier molecular flexibility index (Phi) is 7.49. The van der Waals surface area contributed by atoms with E-state index in [4.69, 9.17) is 23.7 Å². The van der Waals surface area contributed by atoms with Crippen molar-refractivity contribution in [2.75, 3.05) is 27.4 Å². The number of rotatable bonds is 6. The van der Waals surface area contributed by atoms with Gasteiger partial charge in [0, 0.05) is 14.2 Å². The number of aliphatic hydroxyl groups is 6. The van der Waals surface area contributed by atoms with Gasteiger partial charge in [0.25, 0.3) is 0 Å². The summed E-state index contributed by atoms with van der Waals surface area (Å²) < 4.78 is 26.0. The quantitative estimate of drug-likeness (QED) is 0.269. The van der Waals surface area contributed by atoms with Crippen molar-refractivity contribution in [1.82, 2.24) is 0 Å². The fourth-order valence-electron chi connectivity index (χ4n) is 3.03. The number of hydrogen-bond acceptors (Lipinski definition) is 11. The lowest BCUT2D eigenvalue weighted by Gasteiger charge is -2.46. The predicted molar refractivity (Wildman–Crippen MR) is 78.2 cm³/mol. The minimum Gasteiger partial charge on any atom is -0.394 e. The zero-order chi connectivity index (χ0) is 18.7. The highest BCUT2D eigenvalue weighted by Gasteiger charge is 2.50. The molecular formula is C14H26O11. The van der Waals surface area contributed by atoms with Crippen molar-refractivity contribution >= 4 is 0 Å². The van der Waals surface area contributed by atoms with Gasteiger partial charge in [0.1, 0.15) is 48.8 Å². The van der Waals surface area contributed by atoms with Gasteiger partial charge in [0.15, 0.2) is 12.6 Å². The van der Waals surface area contributed by atoms with Crippen LogP contribution in [0.25, 0.3) is 0 Å². The van der Waals surface area contributed by atoms with Crippen molar-refractivity contribution in [2.45, 2.75) is 61.4 Å². The normalized spacial score (nSPS) is 48.5. The lowest BCUT2D eigenvalue weighted by molar-refractivity contribution is -0.358. The molecule has 0 aromatic carbocycles. The molecule has 0 aromatic heterocycles. The molecule has 0 saturated carbocycles. The molecule has 2 heterocycles. The highest BCUT2D eigenvalue weighted by molar-refractivity contribution is 4.94. The molecule has 2 fully saturated rings. The largest absolute Gasteiger partial charge is 0.394 e. The highest BCUT2D eigenvalue weighted by atomic mass is 16.7. The van der Waals surface area contributed by atoms with Gasteiger partial charge in [-0.1, -0.05) is 0 Å². The van der Waals surface area contributed by atoms with Gasteiger partial charge < -0.3 is 54.3 Å². The maximum atomic E-state index is 10.2. The standard InChI is InChI=1S/C14H26O11/c1-21-11-5(3-15)24-14(10(20)7(11)17)25-12-6(4-16)23-13(22-2)9(19)8(12)18/h5-20H,3-4H2,1-2H3/t5-,6-,7-,8-,9-,10-,11-,12-,13+,14-/m1/s1. The Labute approximate surface area is 144 Å². The van der Waals surface area contributed by atoms with Crippen molar-refractivity contribution in [2.24, 2.45) is 0 Å². The van der Waals surface area contributed by atoms with E-state index in [1.165, 1.54) is 14.2 Å². The van der Waals surface area contributed by atoms with E-state index in [2.05, 4.69) is 0 Å². The van der Waals surface area contributed by atoms with Crippen molar-refractivity contribution in [3.63, 3.8) is 0 Å². The number of aliphatic hydroxyl groups excluding tert-OH is 6. The van der Waals surface area contributed by atoms with Gasteiger partial charge in [-0.25, -0.2) is 0 Å². The summed E-state index contributed by atoms with van der Waals surface area (Å²) in [7, 11) is 2.55. The van der Waals surface area contributed by atoms with E-state index in [1.54, 1.807) is 0 Å². The van der Waals surface area contributed by atoms with Crippen molar-refractivity contribution in [3.8, 4) is 0 Å². The van der Waals surface area contributed by atoms with Gasteiger partial charge in [-0.2, -0.15) is 0 Å². The van der Waals surface area contributed by atoms with Crippen LogP contribution in [0.1, 0.15) is 0 Å². The van der Waals surface area contributed by atoms with E-state index < -0.39 is 74.6 Å². The summed E-state index contributed by atoms with van der Waals surface area (Å²) in [5.74, 6) is 0. The molecule has 2 saturated heterocycles. The Bertz CT molecular complexity index is 406. The third-order valence-electron chi connectivity index (χ3n) is 4.44. The van der Waals surface area contributed by atoms with Crippen LogP contribution >= 0.6 is 0 Å². The average Bonchev–Trinajstić information content (AvgIpc) is 2.62. The first-order valence-corrected chi connectivity index (χ1v) is 7.85. The first-order valence-electron chi connectivity index (χ1n) is 7.85. The van der Waals surface area contributed by atoms with Crippen LogP contribution < -0.4 is 0 Å². The fourth-order valence-corrected chi connectivity index (χ4v) is 3.03. The third kappa shape index (κ3) is 4.12. The van der Waals surface area contributed by atoms with Crippen LogP contribution in [-0.4, -0.2) is 119 Å². The summed E-state index contributed by atoms with van der Waals surface area (Å²) in [6.07, 6.45) is -12.9. The highest BCUT2D eigenvalue weighted by Crippen LogP contribution is 2.29. The second-order valence-corrected chi connectivity index (χ2v) is 5.95. The van der Waals surface area contributed by atoms with Crippen molar-refractivity contribution in [3.05, 3.63) is 0 Å². The second-order valence-electron chi connectivity index (χ2n) is 5.95. The Morgan fingerprint density at radius 3 is 1.68 bits per heavy atom. The van der Waals surface area contributed by atoms with Gasteiger partial charge in [-0.15, -0.1) is 0 Å². The molecule has 0 bridgehead atoms. The van der Waals surface area contributed by atoms with Gasteiger partial charge in [-0.05, 0) is 0 Å². The van der Waals surface area contributed by atoms with E-state index in [0.29, 0.717) is 0 Å². The molecule has 10 atom stereocenters. The lowest BCUT2D eigenvalue weighted by atomic mass is 9.97. The van der Waals surface area contributed by atoms with Crippen LogP contribution in [0.5, 0.6) is 0 Å². The molecule has 11 nitrogen and oxygen atoms in total. The Morgan fingerprint density at radius 2 is 1.16 bits per heavy atom. The molecule has 11 heteroatoms. The minimum absolute atomic E-state index is 0.510. The van der Waals surface area contributed by atoms with Crippen LogP contribution in [0.4, 0.5) is 0 Å². The smallest absolute Gasteiger partial charge is 0.187 e. The van der Waals surface area contributed by atoms with E-state index in [-0.39, 0.29) is 0 Å². The van der Waals surface area contributed by atoms with Gasteiger partial charge in [0.2, 0.25) is 0 Å². The lowest BCUT2D eigenvalue weighted by Crippen LogP contribution is -2.64. The molecule has 25 heavy (non-hydrogen) atoms. The molecule has 2 aliphatic rings. The Morgan fingerprint density at radius 1 is 0.680 bits per heavy atom. The predicted octanol–water partition coefficient (Wildman–Crippen LogP) is -4.09. The van der Waals surface area contributed by atoms with E-state index in [1.807, 2.05) is 0 Å². The summed E-state index contributed by atoms with van der Waals surface area (Å²) in [4.78, 5) is 0. The zero-order valence-electron chi connectivity index (χ0n) is 13.9. The molecule has 0 radical (unpaired) electrons. The molecule has 0 amide bonds. The number of hydrogen-bond donors (Lipinski definition) is 6. The molecular weight excluding hydrogens is 344 g/mol. The minimum atomic E-state index is -1.56. The molecule has 0 spiro atoms. The van der Waals surface area contributed by atoms with Gasteiger partial charge >= 0.3 is 0 Å². The summed E-state index contributed by atoms with van der Waals surface area (Å²) in [5.41, 5.74) is 0. The van der Waals surface area contributed by atoms with Crippen LogP contribution in [0.2, 0.25) is 0 Å². The SMILES string of the molecule is CO[C@H]1O[C@H](CO)[C@@H](O[C@H]2O[C@H](CO)[C@@H](OC)[C@H](O)[C@H]2O)[C@H](O)[C@H]1O. The Balaban J connectivity index is 2.13. The Hall–Kier alpha value is -0.440. The van der Waals surface area contributed by atoms with E-state index in [0.717, 1.165) is 0 Å². The van der Waals surface area contributed by atoms with Crippen molar-refractivity contribution in [1.29, 1.82) is 0 Å². The summed E-state index contributed by atoms with van der Waals surface area (Å²) >= 11 is 0. The summed E-state index contributed by atoms with van der Waals surface area (Å²) in [6.45, 7) is -1.08. The van der Waals surface area contributed by atoms with E-state index >= 15 is 0 Å². The maximum absolute atomic E-state index is 10.2. The second kappa shape index (κ2) is 8.97. The summed E-state index contributed by atoms with van der Waals surface area (Å²) in [6, 6.07) is 0. The zero-order valence-corrected chi connectivity index (χ0v) is 13.9. The number of ether oxygens (including phenoxy) is 5. The van der Waals surface area contributed by atoms with Crippen LogP contribution in [0.3, 0.4) is 0 Å². The molecule has 0 aliphatic carbocycles. The molecule has 0 unspecified atom stereocenters.